The molecular weight excluding hydrogens is 394 g/mol. The summed E-state index contributed by atoms with van der Waals surface area (Å²) < 4.78 is 5.47. The molecule has 3 rings (SSSR count). The molecule has 1 saturated carbocycles. The second kappa shape index (κ2) is 9.21. The molecule has 2 N–H and O–H groups in total. The zero-order chi connectivity index (χ0) is 21.9. The van der Waals surface area contributed by atoms with E-state index < -0.39 is 5.60 Å². The predicted octanol–water partition coefficient (Wildman–Crippen LogP) is 5.09. The van der Waals surface area contributed by atoms with Crippen LogP contribution >= 0.6 is 12.2 Å². The molecule has 30 heavy (non-hydrogen) atoms. The Kier molecular flexibility index (Phi) is 6.86. The molecule has 1 aliphatic carbocycles. The Morgan fingerprint density at radius 3 is 2.37 bits per heavy atom. The average Bonchev–Trinajstić information content (AvgIpc) is 2.67. The maximum absolute atomic E-state index is 12.1. The van der Waals surface area contributed by atoms with E-state index in [0.29, 0.717) is 24.0 Å². The number of ether oxygens (including phenoxy) is 1. The lowest BCUT2D eigenvalue weighted by molar-refractivity contribution is -0.156. The molecule has 0 unspecified atom stereocenters. The highest BCUT2D eigenvalue weighted by Gasteiger charge is 2.26. The molecule has 5 nitrogen and oxygen atoms in total. The molecule has 0 radical (unpaired) electrons. The normalized spacial score (nSPS) is 19.3. The molecule has 1 aliphatic rings. The summed E-state index contributed by atoms with van der Waals surface area (Å²) in [6.07, 6.45) is 6.47. The van der Waals surface area contributed by atoms with E-state index in [1.54, 1.807) is 6.20 Å². The number of carbonyl (C=O) groups excluding carboxylic acids is 1. The first-order valence-electron chi connectivity index (χ1n) is 10.6. The van der Waals surface area contributed by atoms with Crippen LogP contribution in [0, 0.1) is 12.8 Å². The third-order valence-electron chi connectivity index (χ3n) is 5.59. The largest absolute Gasteiger partial charge is 0.460 e. The van der Waals surface area contributed by atoms with E-state index in [4.69, 9.17) is 22.7 Å². The number of carbonyl (C=O) groups is 1. The van der Waals surface area contributed by atoms with E-state index in [1.165, 1.54) is 5.56 Å². The van der Waals surface area contributed by atoms with E-state index in [2.05, 4.69) is 34.2 Å². The third-order valence-corrected chi connectivity index (χ3v) is 5.79. The standard InChI is InChI=1S/C24H31N3O2S/c1-15-22(27-20(14-26-15)23(25)30)19-11-9-18(10-12-19)17-7-5-16(6-8-17)13-21(28)29-24(2,3)4/h9-12,14,16-17H,5-8,13H2,1-4H3,(H2,25,30). The zero-order valence-electron chi connectivity index (χ0n) is 18.3. The van der Waals surface area contributed by atoms with Gasteiger partial charge in [-0.25, -0.2) is 4.98 Å². The van der Waals surface area contributed by atoms with Gasteiger partial charge < -0.3 is 10.5 Å². The predicted molar refractivity (Wildman–Crippen MR) is 123 cm³/mol. The van der Waals surface area contributed by atoms with Crippen molar-refractivity contribution in [3.8, 4) is 11.3 Å². The SMILES string of the molecule is Cc1ncc(C(N)=S)nc1-c1ccc(C2CCC(CC(=O)OC(C)(C)C)CC2)cc1. The van der Waals surface area contributed by atoms with Gasteiger partial charge in [-0.05, 0) is 70.8 Å². The Hall–Kier alpha value is -2.34. The van der Waals surface area contributed by atoms with Crippen LogP contribution in [0.15, 0.2) is 30.5 Å². The summed E-state index contributed by atoms with van der Waals surface area (Å²) in [5.41, 5.74) is 9.85. The third kappa shape index (κ3) is 5.85. The summed E-state index contributed by atoms with van der Waals surface area (Å²) >= 11 is 5.03. The van der Waals surface area contributed by atoms with Gasteiger partial charge in [-0.1, -0.05) is 36.5 Å². The lowest BCUT2D eigenvalue weighted by atomic mass is 9.77. The minimum Gasteiger partial charge on any atom is -0.460 e. The summed E-state index contributed by atoms with van der Waals surface area (Å²) in [7, 11) is 0. The first-order chi connectivity index (χ1) is 14.1. The second-order valence-electron chi connectivity index (χ2n) is 9.18. The Morgan fingerprint density at radius 1 is 1.17 bits per heavy atom. The van der Waals surface area contributed by atoms with Gasteiger partial charge in [-0.2, -0.15) is 0 Å². The maximum atomic E-state index is 12.1. The number of esters is 1. The van der Waals surface area contributed by atoms with E-state index in [0.717, 1.165) is 42.6 Å². The Bertz CT molecular complexity index is 911. The fraction of sp³-hybridized carbons (Fsp3) is 0.500. The molecule has 160 valence electrons. The van der Waals surface area contributed by atoms with Crippen molar-refractivity contribution in [3.05, 3.63) is 47.4 Å². The summed E-state index contributed by atoms with van der Waals surface area (Å²) in [5, 5.41) is 0. The van der Waals surface area contributed by atoms with Crippen LogP contribution in [-0.2, 0) is 9.53 Å². The number of nitrogens with zero attached hydrogens (tertiary/aromatic N) is 2. The Labute approximate surface area is 184 Å². The topological polar surface area (TPSA) is 78.1 Å². The van der Waals surface area contributed by atoms with Crippen LogP contribution in [0.2, 0.25) is 0 Å². The summed E-state index contributed by atoms with van der Waals surface area (Å²) in [4.78, 5) is 21.3. The van der Waals surface area contributed by atoms with E-state index >= 15 is 0 Å². The summed E-state index contributed by atoms with van der Waals surface area (Å²) in [6.45, 7) is 7.68. The first kappa shape index (κ1) is 22.3. The van der Waals surface area contributed by atoms with E-state index in [-0.39, 0.29) is 11.0 Å². The molecular formula is C24H31N3O2S. The fourth-order valence-corrected chi connectivity index (χ4v) is 4.17. The maximum Gasteiger partial charge on any atom is 0.306 e. The van der Waals surface area contributed by atoms with Gasteiger partial charge in [0.05, 0.1) is 17.6 Å². The van der Waals surface area contributed by atoms with Crippen molar-refractivity contribution >= 4 is 23.2 Å². The number of thiocarbonyl (C=S) groups is 1. The number of hydrogen-bond acceptors (Lipinski definition) is 5. The first-order valence-corrected chi connectivity index (χ1v) is 11.0. The smallest absolute Gasteiger partial charge is 0.306 e. The zero-order valence-corrected chi connectivity index (χ0v) is 19.1. The average molecular weight is 426 g/mol. The van der Waals surface area contributed by atoms with Gasteiger partial charge in [-0.15, -0.1) is 0 Å². The van der Waals surface area contributed by atoms with Crippen molar-refractivity contribution in [2.45, 2.75) is 71.3 Å². The van der Waals surface area contributed by atoms with Gasteiger partial charge in [0.15, 0.2) is 0 Å². The number of nitrogens with two attached hydrogens (primary N) is 1. The molecule has 0 spiro atoms. The minimum atomic E-state index is -0.409. The lowest BCUT2D eigenvalue weighted by Crippen LogP contribution is -2.26. The number of benzene rings is 1. The molecule has 0 saturated heterocycles. The van der Waals surface area contributed by atoms with Crippen LogP contribution in [-0.4, -0.2) is 26.5 Å². The van der Waals surface area contributed by atoms with Crippen molar-refractivity contribution in [3.63, 3.8) is 0 Å². The van der Waals surface area contributed by atoms with Crippen molar-refractivity contribution in [1.29, 1.82) is 0 Å². The Morgan fingerprint density at radius 2 is 1.80 bits per heavy atom. The van der Waals surface area contributed by atoms with Crippen LogP contribution < -0.4 is 5.73 Å². The molecule has 1 aromatic carbocycles. The van der Waals surface area contributed by atoms with Crippen molar-refractivity contribution in [1.82, 2.24) is 9.97 Å². The van der Waals surface area contributed by atoms with Gasteiger partial charge in [-0.3, -0.25) is 9.78 Å². The van der Waals surface area contributed by atoms with Crippen LogP contribution in [0.4, 0.5) is 0 Å². The van der Waals surface area contributed by atoms with Gasteiger partial charge in [0.2, 0.25) is 0 Å². The van der Waals surface area contributed by atoms with Gasteiger partial charge in [0, 0.05) is 12.0 Å². The second-order valence-corrected chi connectivity index (χ2v) is 9.62. The van der Waals surface area contributed by atoms with E-state index in [9.17, 15) is 4.79 Å². The molecule has 1 aromatic heterocycles. The molecule has 1 fully saturated rings. The number of aryl methyl sites for hydroxylation is 1. The fourth-order valence-electron chi connectivity index (χ4n) is 4.07. The van der Waals surface area contributed by atoms with E-state index in [1.807, 2.05) is 27.7 Å². The highest BCUT2D eigenvalue weighted by Crippen LogP contribution is 2.38. The molecule has 0 atom stereocenters. The lowest BCUT2D eigenvalue weighted by Gasteiger charge is -2.29. The molecule has 6 heteroatoms. The van der Waals surface area contributed by atoms with Crippen molar-refractivity contribution in [2.24, 2.45) is 11.7 Å². The summed E-state index contributed by atoms with van der Waals surface area (Å²) in [6, 6.07) is 8.57. The van der Waals surface area contributed by atoms with Crippen LogP contribution in [0.3, 0.4) is 0 Å². The van der Waals surface area contributed by atoms with Crippen molar-refractivity contribution < 1.29 is 9.53 Å². The minimum absolute atomic E-state index is 0.0778. The number of aromatic nitrogens is 2. The molecule has 0 bridgehead atoms. The number of rotatable bonds is 5. The molecule has 2 aromatic rings. The van der Waals surface area contributed by atoms with Gasteiger partial charge in [0.1, 0.15) is 16.3 Å². The monoisotopic (exact) mass is 425 g/mol. The quantitative estimate of drug-likeness (QED) is 0.531. The highest BCUT2D eigenvalue weighted by atomic mass is 32.1. The molecule has 1 heterocycles. The molecule has 0 aliphatic heterocycles. The van der Waals surface area contributed by atoms with Crippen LogP contribution in [0.5, 0.6) is 0 Å². The van der Waals surface area contributed by atoms with Gasteiger partial charge in [0.25, 0.3) is 0 Å². The van der Waals surface area contributed by atoms with Crippen LogP contribution in [0.25, 0.3) is 11.3 Å². The van der Waals surface area contributed by atoms with Crippen molar-refractivity contribution in [2.75, 3.05) is 0 Å². The van der Waals surface area contributed by atoms with Crippen LogP contribution in [0.1, 0.15) is 75.7 Å². The molecule has 0 amide bonds. The highest BCUT2D eigenvalue weighted by molar-refractivity contribution is 7.80. The van der Waals surface area contributed by atoms with Gasteiger partial charge >= 0.3 is 5.97 Å². The number of hydrogen-bond donors (Lipinski definition) is 1. The summed E-state index contributed by atoms with van der Waals surface area (Å²) in [5.74, 6) is 0.881. The Balaban J connectivity index is 1.61.